The van der Waals surface area contributed by atoms with Crippen LogP contribution in [0.1, 0.15) is 11.1 Å². The number of rotatable bonds is 8. The maximum atomic E-state index is 12.9. The van der Waals surface area contributed by atoms with E-state index in [1.165, 1.54) is 11.8 Å². The summed E-state index contributed by atoms with van der Waals surface area (Å²) in [7, 11) is 0. The van der Waals surface area contributed by atoms with Gasteiger partial charge < -0.3 is 4.74 Å². The lowest BCUT2D eigenvalue weighted by Gasteiger charge is -2.10. The number of carbonyl (C=O) groups excluding carboxylic acids is 1. The number of nitrogens with zero attached hydrogens (tertiary/aromatic N) is 3. The van der Waals surface area contributed by atoms with Gasteiger partial charge in [-0.05, 0) is 48.0 Å². The Morgan fingerprint density at radius 1 is 0.972 bits per heavy atom. The van der Waals surface area contributed by atoms with Crippen LogP contribution in [0.5, 0.6) is 5.75 Å². The van der Waals surface area contributed by atoms with Gasteiger partial charge in [-0.15, -0.1) is 6.58 Å². The molecule has 4 aromatic rings. The Balaban J connectivity index is 1.46. The van der Waals surface area contributed by atoms with Crippen LogP contribution < -0.4 is 4.74 Å². The van der Waals surface area contributed by atoms with Crippen LogP contribution in [-0.4, -0.2) is 31.5 Å². The second kappa shape index (κ2) is 10.8. The van der Waals surface area contributed by atoms with Crippen LogP contribution in [0.4, 0.5) is 0 Å². The Morgan fingerprint density at radius 3 is 2.36 bits per heavy atom. The topological polar surface area (TPSA) is 47.4 Å². The number of para-hydroxylation sites is 1. The second-order valence-corrected chi connectivity index (χ2v) is 9.77. The quantitative estimate of drug-likeness (QED) is 0.154. The highest BCUT2D eigenvalue weighted by Gasteiger charge is 2.31. The second-order valence-electron chi connectivity index (χ2n) is 8.09. The van der Waals surface area contributed by atoms with Crippen molar-refractivity contribution in [2.45, 2.75) is 6.61 Å². The molecule has 0 unspecified atom stereocenters. The molecular weight excluding hydrogens is 486 g/mol. The summed E-state index contributed by atoms with van der Waals surface area (Å²) in [5, 5.41) is 4.86. The molecule has 1 aromatic heterocycles. The molecule has 1 amide bonds. The number of ether oxygens (including phenoxy) is 1. The van der Waals surface area contributed by atoms with Crippen LogP contribution in [-0.2, 0) is 11.4 Å². The van der Waals surface area contributed by atoms with Crippen molar-refractivity contribution < 1.29 is 9.53 Å². The van der Waals surface area contributed by atoms with Gasteiger partial charge in [0.25, 0.3) is 5.91 Å². The van der Waals surface area contributed by atoms with E-state index >= 15 is 0 Å². The molecule has 2 heterocycles. The van der Waals surface area contributed by atoms with Crippen molar-refractivity contribution in [1.82, 2.24) is 14.7 Å². The number of hydrogen-bond donors (Lipinski definition) is 0. The predicted molar refractivity (Wildman–Crippen MR) is 150 cm³/mol. The zero-order valence-electron chi connectivity index (χ0n) is 19.4. The predicted octanol–water partition coefficient (Wildman–Crippen LogP) is 6.51. The molecule has 1 aliphatic heterocycles. The summed E-state index contributed by atoms with van der Waals surface area (Å²) in [5.74, 6) is 0.657. The van der Waals surface area contributed by atoms with Gasteiger partial charge in [0, 0.05) is 23.9 Å². The van der Waals surface area contributed by atoms with Gasteiger partial charge in [-0.3, -0.25) is 9.69 Å². The van der Waals surface area contributed by atoms with Crippen molar-refractivity contribution in [2.75, 3.05) is 6.54 Å². The Hall–Kier alpha value is -3.94. The zero-order chi connectivity index (χ0) is 24.9. The molecule has 5 rings (SSSR count). The van der Waals surface area contributed by atoms with Crippen LogP contribution in [0, 0.1) is 0 Å². The number of thioether (sulfide) groups is 1. The molecule has 5 nitrogen and oxygen atoms in total. The van der Waals surface area contributed by atoms with Gasteiger partial charge in [0.2, 0.25) is 0 Å². The van der Waals surface area contributed by atoms with Gasteiger partial charge in [-0.1, -0.05) is 78.6 Å². The minimum atomic E-state index is -0.118. The van der Waals surface area contributed by atoms with Crippen molar-refractivity contribution >= 4 is 40.3 Å². The normalized spacial score (nSPS) is 14.4. The number of aromatic nitrogens is 2. The van der Waals surface area contributed by atoms with Crippen LogP contribution in [0.3, 0.4) is 0 Å². The smallest absolute Gasteiger partial charge is 0.266 e. The minimum Gasteiger partial charge on any atom is -0.489 e. The standard InChI is InChI=1S/C29H23N3O2S2/c1-2-17-31-28(33)26(36-29(31)35)18-23-19-32(24-11-7-4-8-12-24)30-27(23)22-13-15-25(16-14-22)34-20-21-9-5-3-6-10-21/h2-16,18-19H,1,17,20H2/b26-18-. The summed E-state index contributed by atoms with van der Waals surface area (Å²) in [4.78, 5) is 15.0. The first-order chi connectivity index (χ1) is 17.6. The van der Waals surface area contributed by atoms with Crippen LogP contribution >= 0.6 is 24.0 Å². The molecule has 0 spiro atoms. The summed E-state index contributed by atoms with van der Waals surface area (Å²) in [6.07, 6.45) is 5.47. The molecule has 1 saturated heterocycles. The van der Waals surface area contributed by atoms with Gasteiger partial charge in [0.05, 0.1) is 16.3 Å². The van der Waals surface area contributed by atoms with Gasteiger partial charge in [0.15, 0.2) is 0 Å². The number of thiocarbonyl (C=S) groups is 1. The van der Waals surface area contributed by atoms with Crippen molar-refractivity contribution in [1.29, 1.82) is 0 Å². The SMILES string of the molecule is C=CCN1C(=O)/C(=C/c2cn(-c3ccccc3)nc2-c2ccc(OCc3ccccc3)cc2)SC1=S. The van der Waals surface area contributed by atoms with Crippen molar-refractivity contribution in [2.24, 2.45) is 0 Å². The number of amides is 1. The van der Waals surface area contributed by atoms with E-state index in [0.717, 1.165) is 33.8 Å². The molecule has 0 saturated carbocycles. The highest BCUT2D eigenvalue weighted by Crippen LogP contribution is 2.35. The molecule has 1 aliphatic rings. The molecular formula is C29H23N3O2S2. The van der Waals surface area contributed by atoms with E-state index < -0.39 is 0 Å². The van der Waals surface area contributed by atoms with Crippen LogP contribution in [0.2, 0.25) is 0 Å². The third-order valence-corrected chi connectivity index (χ3v) is 6.99. The molecule has 1 fully saturated rings. The van der Waals surface area contributed by atoms with Gasteiger partial charge in [-0.2, -0.15) is 5.10 Å². The molecule has 0 bridgehead atoms. The summed E-state index contributed by atoms with van der Waals surface area (Å²) in [5.41, 5.74) is 4.56. The Labute approximate surface area is 219 Å². The maximum absolute atomic E-state index is 12.9. The van der Waals surface area contributed by atoms with E-state index in [1.807, 2.05) is 102 Å². The minimum absolute atomic E-state index is 0.118. The van der Waals surface area contributed by atoms with E-state index in [4.69, 9.17) is 22.1 Å². The lowest BCUT2D eigenvalue weighted by molar-refractivity contribution is -0.121. The van der Waals surface area contributed by atoms with Crippen LogP contribution in [0.15, 0.2) is 109 Å². The molecule has 178 valence electrons. The molecule has 0 aliphatic carbocycles. The van der Waals surface area contributed by atoms with Gasteiger partial charge in [0.1, 0.15) is 16.7 Å². The van der Waals surface area contributed by atoms with Gasteiger partial charge >= 0.3 is 0 Å². The summed E-state index contributed by atoms with van der Waals surface area (Å²) in [6.45, 7) is 4.62. The number of hydrogen-bond acceptors (Lipinski definition) is 5. The van der Waals surface area contributed by atoms with E-state index in [0.29, 0.717) is 22.4 Å². The third-order valence-electron chi connectivity index (χ3n) is 5.61. The highest BCUT2D eigenvalue weighted by molar-refractivity contribution is 8.26. The van der Waals surface area contributed by atoms with Crippen LogP contribution in [0.25, 0.3) is 23.0 Å². The lowest BCUT2D eigenvalue weighted by Crippen LogP contribution is -2.27. The molecule has 0 radical (unpaired) electrons. The lowest BCUT2D eigenvalue weighted by atomic mass is 10.1. The first-order valence-corrected chi connectivity index (χ1v) is 12.6. The third kappa shape index (κ3) is 5.17. The first-order valence-electron chi connectivity index (χ1n) is 11.4. The average molecular weight is 510 g/mol. The summed E-state index contributed by atoms with van der Waals surface area (Å²) in [6, 6.07) is 27.8. The fourth-order valence-corrected chi connectivity index (χ4v) is 5.07. The summed E-state index contributed by atoms with van der Waals surface area (Å²) >= 11 is 6.70. The van der Waals surface area contributed by atoms with Crippen molar-refractivity contribution in [3.05, 3.63) is 120 Å². The molecule has 7 heteroatoms. The van der Waals surface area contributed by atoms with E-state index in [2.05, 4.69) is 6.58 Å². The Morgan fingerprint density at radius 2 is 1.67 bits per heavy atom. The van der Waals surface area contributed by atoms with E-state index in [1.54, 1.807) is 11.0 Å². The Bertz CT molecular complexity index is 1430. The number of benzene rings is 3. The number of carbonyl (C=O) groups is 1. The van der Waals surface area contributed by atoms with Crippen molar-refractivity contribution in [3.63, 3.8) is 0 Å². The van der Waals surface area contributed by atoms with E-state index in [-0.39, 0.29) is 5.91 Å². The average Bonchev–Trinajstić information content (AvgIpc) is 3.45. The Kier molecular flexibility index (Phi) is 7.11. The molecule has 0 N–H and O–H groups in total. The fourth-order valence-electron chi connectivity index (χ4n) is 3.81. The zero-order valence-corrected chi connectivity index (χ0v) is 21.0. The fraction of sp³-hybridized carbons (Fsp3) is 0.0690. The molecule has 0 atom stereocenters. The largest absolute Gasteiger partial charge is 0.489 e. The van der Waals surface area contributed by atoms with Gasteiger partial charge in [-0.25, -0.2) is 4.68 Å². The molecule has 36 heavy (non-hydrogen) atoms. The summed E-state index contributed by atoms with van der Waals surface area (Å²) < 4.78 is 8.30. The first kappa shape index (κ1) is 23.8. The van der Waals surface area contributed by atoms with Crippen molar-refractivity contribution in [3.8, 4) is 22.7 Å². The van der Waals surface area contributed by atoms with E-state index in [9.17, 15) is 4.79 Å². The maximum Gasteiger partial charge on any atom is 0.266 e. The highest BCUT2D eigenvalue weighted by atomic mass is 32.2. The monoisotopic (exact) mass is 509 g/mol. The molecule has 3 aromatic carbocycles.